The fourth-order valence-electron chi connectivity index (χ4n) is 5.33. The van der Waals surface area contributed by atoms with Crippen LogP contribution in [0.25, 0.3) is 0 Å². The summed E-state index contributed by atoms with van der Waals surface area (Å²) in [5.41, 5.74) is -0.681. The minimum Gasteiger partial charge on any atom is -0.479 e. The van der Waals surface area contributed by atoms with Gasteiger partial charge in [0.15, 0.2) is 0 Å². The second-order valence-electron chi connectivity index (χ2n) is 12.6. The fourth-order valence-corrected chi connectivity index (χ4v) is 6.11. The molecule has 4 rings (SSSR count). The molecular formula is C29H40N2O6S. The minimum atomic E-state index is -1.57. The summed E-state index contributed by atoms with van der Waals surface area (Å²) < 4.78 is 5.36. The maximum Gasteiger partial charge on any atom is 0.330 e. The Morgan fingerprint density at radius 1 is 1.16 bits per heavy atom. The molecule has 2 aliphatic rings. The monoisotopic (exact) mass is 544 g/mol. The summed E-state index contributed by atoms with van der Waals surface area (Å²) in [5.74, 6) is -3.40. The zero-order valence-electron chi connectivity index (χ0n) is 23.5. The number of carboxylic acid groups (broad SMARTS) is 1. The van der Waals surface area contributed by atoms with Gasteiger partial charge in [-0.2, -0.15) is 0 Å². The molecule has 1 amide bonds. The molecule has 1 aromatic carbocycles. The number of aliphatic carboxylic acids is 1. The number of amides is 1. The molecule has 0 spiro atoms. The number of hydrogen-bond acceptors (Lipinski definition) is 7. The summed E-state index contributed by atoms with van der Waals surface area (Å²) in [5, 5.41) is 21.4. The van der Waals surface area contributed by atoms with Crippen molar-refractivity contribution in [2.75, 3.05) is 6.61 Å². The summed E-state index contributed by atoms with van der Waals surface area (Å²) in [6.45, 7) is 15.3. The lowest BCUT2D eigenvalue weighted by Gasteiger charge is -2.41. The van der Waals surface area contributed by atoms with E-state index in [0.29, 0.717) is 10.6 Å². The van der Waals surface area contributed by atoms with E-state index in [1.54, 1.807) is 44.5 Å². The lowest BCUT2D eigenvalue weighted by molar-refractivity contribution is -0.154. The van der Waals surface area contributed by atoms with Gasteiger partial charge in [-0.1, -0.05) is 46.8 Å². The number of carboxylic acids is 1. The van der Waals surface area contributed by atoms with Crippen LogP contribution in [0, 0.1) is 17.8 Å². The van der Waals surface area contributed by atoms with Gasteiger partial charge in [-0.05, 0) is 56.2 Å². The van der Waals surface area contributed by atoms with Crippen LogP contribution in [0.1, 0.15) is 88.8 Å². The number of ether oxygens (including phenoxy) is 1. The molecule has 0 saturated carbocycles. The van der Waals surface area contributed by atoms with Gasteiger partial charge in [-0.3, -0.25) is 9.59 Å². The van der Waals surface area contributed by atoms with Crippen LogP contribution in [0.4, 0.5) is 0 Å². The zero-order valence-corrected chi connectivity index (χ0v) is 24.3. The predicted octanol–water partition coefficient (Wildman–Crippen LogP) is 5.07. The number of benzene rings is 1. The first kappa shape index (κ1) is 29.8. The van der Waals surface area contributed by atoms with Crippen LogP contribution in [0.3, 0.4) is 0 Å². The highest BCUT2D eigenvalue weighted by atomic mass is 32.1. The molecule has 38 heavy (non-hydrogen) atoms. The summed E-state index contributed by atoms with van der Waals surface area (Å²) in [6, 6.07) is 6.52. The van der Waals surface area contributed by atoms with Gasteiger partial charge in [0.25, 0.3) is 5.91 Å². The van der Waals surface area contributed by atoms with Gasteiger partial charge in [-0.15, -0.1) is 11.3 Å². The van der Waals surface area contributed by atoms with Crippen molar-refractivity contribution in [3.63, 3.8) is 0 Å². The summed E-state index contributed by atoms with van der Waals surface area (Å²) in [7, 11) is 0. The first-order valence-corrected chi connectivity index (χ1v) is 13.8. The molecule has 208 valence electrons. The molecule has 0 aliphatic carbocycles. The Bertz CT molecular complexity index is 1140. The first-order valence-electron chi connectivity index (χ1n) is 12.9. The Kier molecular flexibility index (Phi) is 8.44. The van der Waals surface area contributed by atoms with E-state index in [0.717, 1.165) is 5.56 Å². The van der Waals surface area contributed by atoms with Crippen molar-refractivity contribution in [1.29, 1.82) is 0 Å². The SMILES string of the molecule is CC(C)(C)O.CC(C)C[C@@]1(C(=O)O)C2COC(=O)[C@@H]2[C@H](c2nccs2)N1C(=O)c1ccc(C(C)(C)C)cc1. The Morgan fingerprint density at radius 2 is 1.74 bits per heavy atom. The Hall–Kier alpha value is -2.78. The van der Waals surface area contributed by atoms with Gasteiger partial charge in [0.05, 0.1) is 24.2 Å². The quantitative estimate of drug-likeness (QED) is 0.505. The van der Waals surface area contributed by atoms with E-state index >= 15 is 0 Å². The number of carbonyl (C=O) groups is 3. The van der Waals surface area contributed by atoms with Gasteiger partial charge >= 0.3 is 11.9 Å². The molecule has 2 fully saturated rings. The summed E-state index contributed by atoms with van der Waals surface area (Å²) in [4.78, 5) is 45.7. The number of aliphatic hydroxyl groups is 1. The third-order valence-electron chi connectivity index (χ3n) is 6.78. The highest BCUT2D eigenvalue weighted by molar-refractivity contribution is 7.09. The van der Waals surface area contributed by atoms with Gasteiger partial charge < -0.3 is 19.8 Å². The van der Waals surface area contributed by atoms with Gasteiger partial charge in [0.2, 0.25) is 0 Å². The first-order chi connectivity index (χ1) is 17.5. The van der Waals surface area contributed by atoms with Crippen molar-refractivity contribution in [1.82, 2.24) is 9.88 Å². The Labute approximate surface area is 229 Å². The number of cyclic esters (lactones) is 1. The van der Waals surface area contributed by atoms with Gasteiger partial charge in [-0.25, -0.2) is 9.78 Å². The molecule has 2 aliphatic heterocycles. The smallest absolute Gasteiger partial charge is 0.330 e. The Balaban J connectivity index is 0.000000732. The molecule has 1 unspecified atom stereocenters. The third kappa shape index (κ3) is 5.94. The lowest BCUT2D eigenvalue weighted by atomic mass is 9.75. The maximum absolute atomic E-state index is 14.0. The second kappa shape index (κ2) is 10.8. The second-order valence-corrected chi connectivity index (χ2v) is 13.5. The normalized spacial score (nSPS) is 25.1. The number of likely N-dealkylation sites (tertiary alicyclic amines) is 1. The highest BCUT2D eigenvalue weighted by Crippen LogP contribution is 2.56. The van der Waals surface area contributed by atoms with E-state index in [1.165, 1.54) is 16.2 Å². The number of esters is 1. The van der Waals surface area contributed by atoms with Crippen LogP contribution in [0.2, 0.25) is 0 Å². The van der Waals surface area contributed by atoms with Gasteiger partial charge in [0, 0.05) is 23.1 Å². The third-order valence-corrected chi connectivity index (χ3v) is 7.63. The molecule has 8 nitrogen and oxygen atoms in total. The molecule has 2 saturated heterocycles. The number of fused-ring (bicyclic) bond motifs is 1. The molecule has 0 bridgehead atoms. The van der Waals surface area contributed by atoms with Crippen molar-refractivity contribution < 1.29 is 29.3 Å². The van der Waals surface area contributed by atoms with Crippen molar-refractivity contribution in [3.05, 3.63) is 52.0 Å². The zero-order chi connectivity index (χ0) is 28.6. The number of nitrogens with zero attached hydrogens (tertiary/aromatic N) is 2. The van der Waals surface area contributed by atoms with Crippen molar-refractivity contribution >= 4 is 29.2 Å². The van der Waals surface area contributed by atoms with Gasteiger partial charge in [0.1, 0.15) is 10.5 Å². The molecule has 2 aromatic rings. The molecule has 1 aromatic heterocycles. The highest BCUT2D eigenvalue weighted by Gasteiger charge is 2.70. The van der Waals surface area contributed by atoms with E-state index in [9.17, 15) is 19.5 Å². The van der Waals surface area contributed by atoms with E-state index in [1.807, 2.05) is 26.0 Å². The number of aromatic nitrogens is 1. The summed E-state index contributed by atoms with van der Waals surface area (Å²) >= 11 is 1.32. The van der Waals surface area contributed by atoms with Crippen LogP contribution < -0.4 is 0 Å². The Morgan fingerprint density at radius 3 is 2.18 bits per heavy atom. The van der Waals surface area contributed by atoms with E-state index in [-0.39, 0.29) is 24.4 Å². The fraction of sp³-hybridized carbons (Fsp3) is 0.586. The van der Waals surface area contributed by atoms with E-state index < -0.39 is 46.9 Å². The van der Waals surface area contributed by atoms with Crippen LogP contribution >= 0.6 is 11.3 Å². The van der Waals surface area contributed by atoms with Crippen molar-refractivity contribution in [3.8, 4) is 0 Å². The number of hydrogen-bond donors (Lipinski definition) is 2. The largest absolute Gasteiger partial charge is 0.479 e. The molecule has 0 radical (unpaired) electrons. The minimum absolute atomic E-state index is 0.0167. The summed E-state index contributed by atoms with van der Waals surface area (Å²) in [6.07, 6.45) is 1.83. The molecule has 3 heterocycles. The molecule has 2 N–H and O–H groups in total. The average molecular weight is 545 g/mol. The molecule has 9 heteroatoms. The topological polar surface area (TPSA) is 117 Å². The number of thiazole rings is 1. The number of carbonyl (C=O) groups excluding carboxylic acids is 2. The van der Waals surface area contributed by atoms with Crippen LogP contribution in [-0.4, -0.2) is 55.7 Å². The van der Waals surface area contributed by atoms with E-state index in [4.69, 9.17) is 9.84 Å². The van der Waals surface area contributed by atoms with Crippen LogP contribution in [-0.2, 0) is 19.7 Å². The lowest BCUT2D eigenvalue weighted by Crippen LogP contribution is -2.58. The number of rotatable bonds is 5. The average Bonchev–Trinajstić information content (AvgIpc) is 3.49. The molecular weight excluding hydrogens is 504 g/mol. The standard InChI is InChI=1S/C25H30N2O5S.C4H10O/c1-14(2)12-25(23(30)31)17-13-32-22(29)18(17)19(20-26-10-11-33-20)27(25)21(28)15-6-8-16(9-7-15)24(3,4)5;1-4(2,3)5/h6-11,14,17-19H,12-13H2,1-5H3,(H,30,31);5H,1-3H3/t17?,18-,19+,25-;/m0./s1. The molecule has 4 atom stereocenters. The van der Waals surface area contributed by atoms with Crippen molar-refractivity contribution in [2.24, 2.45) is 17.8 Å². The van der Waals surface area contributed by atoms with Crippen molar-refractivity contribution in [2.45, 2.75) is 84.4 Å². The maximum atomic E-state index is 14.0. The van der Waals surface area contributed by atoms with E-state index in [2.05, 4.69) is 25.8 Å². The van der Waals surface area contributed by atoms with Crippen LogP contribution in [0.5, 0.6) is 0 Å². The van der Waals surface area contributed by atoms with Crippen LogP contribution in [0.15, 0.2) is 35.8 Å². The predicted molar refractivity (Wildman–Crippen MR) is 146 cm³/mol.